The fourth-order valence-electron chi connectivity index (χ4n) is 4.37. The highest BCUT2D eigenvalue weighted by molar-refractivity contribution is 7.80. The number of ether oxygens (including phenoxy) is 1. The normalized spacial score (nSPS) is 20.6. The van der Waals surface area contributed by atoms with Gasteiger partial charge in [-0.3, -0.25) is 4.79 Å². The number of thiocarbonyl (C=S) groups is 1. The molecule has 0 unspecified atom stereocenters. The third kappa shape index (κ3) is 14.1. The molecule has 1 fully saturated rings. The second-order valence-corrected chi connectivity index (χ2v) is 9.70. The van der Waals surface area contributed by atoms with Crippen LogP contribution in [-0.4, -0.2) is 75.9 Å². The number of carbonyl (C=O) groups excluding carboxylic acids is 1. The van der Waals surface area contributed by atoms with Crippen molar-refractivity contribution in [2.75, 3.05) is 26.3 Å². The Morgan fingerprint density at radius 2 is 1.39 bits per heavy atom. The Balaban J connectivity index is 1.85. The summed E-state index contributed by atoms with van der Waals surface area (Å²) < 4.78 is 4.94. The molecule has 0 saturated carbocycles. The van der Waals surface area contributed by atoms with Crippen molar-refractivity contribution in [2.24, 2.45) is 0 Å². The van der Waals surface area contributed by atoms with Crippen LogP contribution in [-0.2, 0) is 9.53 Å². The molecule has 3 atom stereocenters. The number of esters is 1. The highest BCUT2D eigenvalue weighted by atomic mass is 32.1. The Kier molecular flexibility index (Phi) is 17.6. The molecular formula is C25H48N2O5S. The van der Waals surface area contributed by atoms with Crippen molar-refractivity contribution in [3.05, 3.63) is 0 Å². The molecule has 1 heterocycles. The van der Waals surface area contributed by atoms with Crippen LogP contribution in [0, 0.1) is 0 Å². The molecule has 0 aromatic heterocycles. The van der Waals surface area contributed by atoms with Crippen molar-refractivity contribution in [1.29, 1.82) is 0 Å². The van der Waals surface area contributed by atoms with E-state index in [0.717, 1.165) is 25.8 Å². The zero-order valence-corrected chi connectivity index (χ0v) is 21.5. The van der Waals surface area contributed by atoms with E-state index < -0.39 is 18.2 Å². The molecule has 33 heavy (non-hydrogen) atoms. The summed E-state index contributed by atoms with van der Waals surface area (Å²) in [5.74, 6) is -0.178. The van der Waals surface area contributed by atoms with Crippen molar-refractivity contribution in [3.8, 4) is 0 Å². The molecule has 4 N–H and O–H groups in total. The van der Waals surface area contributed by atoms with Crippen molar-refractivity contribution >= 4 is 23.3 Å². The molecule has 8 heteroatoms. The lowest BCUT2D eigenvalue weighted by Crippen LogP contribution is -2.60. The molecule has 194 valence electrons. The number of nitrogens with one attached hydrogen (secondary N) is 1. The molecule has 0 aromatic rings. The Hall–Kier alpha value is -0.960. The van der Waals surface area contributed by atoms with Gasteiger partial charge in [-0.2, -0.15) is 0 Å². The first-order valence-electron chi connectivity index (χ1n) is 13.1. The number of unbranched alkanes of at least 4 members (excludes halogenated alkanes) is 13. The van der Waals surface area contributed by atoms with E-state index in [0.29, 0.717) is 24.7 Å². The number of piperidine rings is 1. The average Bonchev–Trinajstić information content (AvgIpc) is 2.79. The number of likely N-dealkylation sites (tertiary alicyclic amines) is 1. The van der Waals surface area contributed by atoms with E-state index in [1.54, 1.807) is 4.90 Å². The van der Waals surface area contributed by atoms with E-state index in [1.165, 1.54) is 77.6 Å². The smallest absolute Gasteiger partial charge is 0.302 e. The maximum atomic E-state index is 10.7. The van der Waals surface area contributed by atoms with Crippen LogP contribution in [0.2, 0.25) is 0 Å². The van der Waals surface area contributed by atoms with Gasteiger partial charge in [0.05, 0.1) is 25.4 Å². The number of hydrogen-bond donors (Lipinski definition) is 4. The third-order valence-electron chi connectivity index (χ3n) is 6.46. The van der Waals surface area contributed by atoms with Crippen LogP contribution in [0.3, 0.4) is 0 Å². The van der Waals surface area contributed by atoms with E-state index in [1.807, 2.05) is 0 Å². The van der Waals surface area contributed by atoms with Gasteiger partial charge in [0.1, 0.15) is 6.10 Å². The van der Waals surface area contributed by atoms with Crippen LogP contribution in [0.4, 0.5) is 0 Å². The summed E-state index contributed by atoms with van der Waals surface area (Å²) in [6.07, 6.45) is 16.1. The van der Waals surface area contributed by atoms with Crippen LogP contribution in [0.15, 0.2) is 0 Å². The topological polar surface area (TPSA) is 102 Å². The quantitative estimate of drug-likeness (QED) is 0.132. The maximum Gasteiger partial charge on any atom is 0.302 e. The lowest BCUT2D eigenvalue weighted by molar-refractivity contribution is -0.141. The van der Waals surface area contributed by atoms with E-state index >= 15 is 0 Å². The molecular weight excluding hydrogens is 440 g/mol. The largest absolute Gasteiger partial charge is 0.466 e. The Bertz CT molecular complexity index is 523. The van der Waals surface area contributed by atoms with Gasteiger partial charge in [0.2, 0.25) is 0 Å². The van der Waals surface area contributed by atoms with Crippen LogP contribution >= 0.6 is 12.2 Å². The van der Waals surface area contributed by atoms with E-state index in [-0.39, 0.29) is 12.6 Å². The first kappa shape index (κ1) is 30.1. The van der Waals surface area contributed by atoms with E-state index in [2.05, 4.69) is 5.32 Å². The third-order valence-corrected chi connectivity index (χ3v) is 6.83. The zero-order chi connectivity index (χ0) is 24.3. The fraction of sp³-hybridized carbons (Fsp3) is 0.920. The number of rotatable bonds is 18. The second-order valence-electron chi connectivity index (χ2n) is 9.31. The van der Waals surface area contributed by atoms with Gasteiger partial charge < -0.3 is 30.3 Å². The molecule has 1 saturated heterocycles. The molecule has 0 bridgehead atoms. The summed E-state index contributed by atoms with van der Waals surface area (Å²) in [4.78, 5) is 12.5. The maximum absolute atomic E-state index is 10.7. The van der Waals surface area contributed by atoms with Crippen molar-refractivity contribution < 1.29 is 24.9 Å². The van der Waals surface area contributed by atoms with Gasteiger partial charge in [-0.05, 0) is 31.5 Å². The highest BCUT2D eigenvalue weighted by Crippen LogP contribution is 2.18. The average molecular weight is 489 g/mol. The minimum absolute atomic E-state index is 0.178. The monoisotopic (exact) mass is 488 g/mol. The summed E-state index contributed by atoms with van der Waals surface area (Å²) in [5, 5.41) is 33.1. The van der Waals surface area contributed by atoms with Crippen LogP contribution in [0.25, 0.3) is 0 Å². The first-order chi connectivity index (χ1) is 16.0. The van der Waals surface area contributed by atoms with Crippen molar-refractivity contribution in [3.63, 3.8) is 0 Å². The van der Waals surface area contributed by atoms with Gasteiger partial charge in [0, 0.05) is 20.0 Å². The van der Waals surface area contributed by atoms with Crippen molar-refractivity contribution in [1.82, 2.24) is 10.2 Å². The predicted octanol–water partition coefficient (Wildman–Crippen LogP) is 3.67. The van der Waals surface area contributed by atoms with Gasteiger partial charge in [-0.15, -0.1) is 0 Å². The zero-order valence-electron chi connectivity index (χ0n) is 20.7. The van der Waals surface area contributed by atoms with Gasteiger partial charge >= 0.3 is 5.97 Å². The number of aliphatic hydroxyl groups excluding tert-OH is 3. The number of aliphatic hydroxyl groups is 3. The van der Waals surface area contributed by atoms with Crippen LogP contribution in [0.5, 0.6) is 0 Å². The number of nitrogens with zero attached hydrogens (tertiary/aromatic N) is 1. The minimum atomic E-state index is -0.964. The highest BCUT2D eigenvalue weighted by Gasteiger charge is 2.36. The summed E-state index contributed by atoms with van der Waals surface area (Å²) in [5.41, 5.74) is 0. The van der Waals surface area contributed by atoms with Crippen molar-refractivity contribution in [2.45, 2.75) is 121 Å². The van der Waals surface area contributed by atoms with E-state index in [4.69, 9.17) is 17.0 Å². The summed E-state index contributed by atoms with van der Waals surface area (Å²) in [6.45, 7) is 3.16. The Morgan fingerprint density at radius 1 is 0.909 bits per heavy atom. The molecule has 1 aliphatic rings. The minimum Gasteiger partial charge on any atom is -0.466 e. The molecule has 1 aliphatic heterocycles. The Labute approximate surface area is 206 Å². The SMILES string of the molecule is CC(=O)OCCCCCCCCCCCCCCCCNC(=S)N1CC[C@@H](O)[C@H](O)[C@H]1CO. The lowest BCUT2D eigenvalue weighted by Gasteiger charge is -2.42. The van der Waals surface area contributed by atoms with Gasteiger partial charge in [0.25, 0.3) is 0 Å². The summed E-state index contributed by atoms with van der Waals surface area (Å²) >= 11 is 5.42. The molecule has 0 aliphatic carbocycles. The van der Waals surface area contributed by atoms with E-state index in [9.17, 15) is 20.1 Å². The molecule has 7 nitrogen and oxygen atoms in total. The molecule has 0 aromatic carbocycles. The van der Waals surface area contributed by atoms with Gasteiger partial charge in [-0.1, -0.05) is 77.0 Å². The number of carbonyl (C=O) groups is 1. The standard InChI is InChI=1S/C25H48N2O5S/c1-21(29)32-19-15-13-11-9-7-5-3-2-4-6-8-10-12-14-17-26-25(33)27-18-16-23(30)24(31)22(27)20-28/h22-24,28,30-31H,2-20H2,1H3,(H,26,33)/t22-,23-,24-/m1/s1. The number of hydrogen-bond acceptors (Lipinski definition) is 6. The first-order valence-corrected chi connectivity index (χ1v) is 13.5. The molecule has 0 spiro atoms. The van der Waals surface area contributed by atoms with Crippen LogP contribution < -0.4 is 5.32 Å². The van der Waals surface area contributed by atoms with Gasteiger partial charge in [-0.25, -0.2) is 0 Å². The van der Waals surface area contributed by atoms with Gasteiger partial charge in [0.15, 0.2) is 5.11 Å². The van der Waals surface area contributed by atoms with Crippen LogP contribution in [0.1, 0.15) is 103 Å². The lowest BCUT2D eigenvalue weighted by atomic mass is 9.97. The Morgan fingerprint density at radius 3 is 1.88 bits per heavy atom. The second kappa shape index (κ2) is 19.4. The predicted molar refractivity (Wildman–Crippen MR) is 136 cm³/mol. The summed E-state index contributed by atoms with van der Waals surface area (Å²) in [7, 11) is 0. The molecule has 0 amide bonds. The summed E-state index contributed by atoms with van der Waals surface area (Å²) in [6, 6.07) is -0.535. The fourth-order valence-corrected chi connectivity index (χ4v) is 4.70. The molecule has 1 rings (SSSR count). The molecule has 0 radical (unpaired) electrons.